The molecule has 114 valence electrons. The predicted molar refractivity (Wildman–Crippen MR) is 86.3 cm³/mol. The van der Waals surface area contributed by atoms with E-state index in [1.807, 2.05) is 0 Å². The van der Waals surface area contributed by atoms with Crippen LogP contribution in [0, 0.1) is 10.1 Å². The highest BCUT2D eigenvalue weighted by Gasteiger charge is 2.08. The Morgan fingerprint density at radius 2 is 1.91 bits per heavy atom. The molecule has 0 radical (unpaired) electrons. The van der Waals surface area contributed by atoms with Crippen molar-refractivity contribution in [3.8, 4) is 11.5 Å². The number of rotatable bonds is 6. The standard InChI is InChI=1S/C15H14N2O4S/c1-20-14-8-11(15(16)22)4-7-13(14)21-9-10-2-5-12(6-3-10)17(18)19/h2-8H,9H2,1H3,(H2,16,22). The minimum absolute atomic E-state index is 0.0436. The number of nitro benzene ring substituents is 1. The molecule has 0 saturated carbocycles. The fourth-order valence-electron chi connectivity index (χ4n) is 1.82. The summed E-state index contributed by atoms with van der Waals surface area (Å²) >= 11 is 4.91. The van der Waals surface area contributed by atoms with Gasteiger partial charge in [-0.15, -0.1) is 0 Å². The van der Waals surface area contributed by atoms with Crippen LogP contribution >= 0.6 is 12.2 Å². The molecule has 6 nitrogen and oxygen atoms in total. The SMILES string of the molecule is COc1cc(C(N)=S)ccc1OCc1ccc([N+](=O)[O-])cc1. The number of non-ortho nitro benzene ring substituents is 1. The summed E-state index contributed by atoms with van der Waals surface area (Å²) in [6, 6.07) is 11.3. The molecule has 0 aliphatic rings. The van der Waals surface area contributed by atoms with E-state index >= 15 is 0 Å². The van der Waals surface area contributed by atoms with E-state index < -0.39 is 4.92 Å². The van der Waals surface area contributed by atoms with E-state index in [1.54, 1.807) is 30.3 Å². The smallest absolute Gasteiger partial charge is 0.269 e. The van der Waals surface area contributed by atoms with Crippen LogP contribution in [-0.2, 0) is 6.61 Å². The van der Waals surface area contributed by atoms with Crippen molar-refractivity contribution in [3.05, 3.63) is 63.7 Å². The van der Waals surface area contributed by atoms with Gasteiger partial charge in [0.25, 0.3) is 5.69 Å². The number of nitrogens with two attached hydrogens (primary N) is 1. The number of nitrogens with zero attached hydrogens (tertiary/aromatic N) is 1. The number of benzene rings is 2. The molecule has 0 aromatic heterocycles. The molecular formula is C15H14N2O4S. The third-order valence-electron chi connectivity index (χ3n) is 2.99. The van der Waals surface area contributed by atoms with Crippen molar-refractivity contribution in [2.75, 3.05) is 7.11 Å². The fraction of sp³-hybridized carbons (Fsp3) is 0.133. The topological polar surface area (TPSA) is 87.6 Å². The first-order valence-corrected chi connectivity index (χ1v) is 6.76. The Morgan fingerprint density at radius 1 is 1.23 bits per heavy atom. The van der Waals surface area contributed by atoms with Gasteiger partial charge in [0.15, 0.2) is 11.5 Å². The van der Waals surface area contributed by atoms with Crippen LogP contribution < -0.4 is 15.2 Å². The van der Waals surface area contributed by atoms with Crippen molar-refractivity contribution in [2.24, 2.45) is 5.73 Å². The van der Waals surface area contributed by atoms with Gasteiger partial charge >= 0.3 is 0 Å². The van der Waals surface area contributed by atoms with Crippen molar-refractivity contribution < 1.29 is 14.4 Å². The minimum atomic E-state index is -0.442. The first-order chi connectivity index (χ1) is 10.5. The molecule has 22 heavy (non-hydrogen) atoms. The molecular weight excluding hydrogens is 304 g/mol. The first-order valence-electron chi connectivity index (χ1n) is 6.35. The highest BCUT2D eigenvalue weighted by atomic mass is 32.1. The number of thiocarbonyl (C=S) groups is 1. The van der Waals surface area contributed by atoms with Crippen LogP contribution in [-0.4, -0.2) is 17.0 Å². The second-order valence-electron chi connectivity index (χ2n) is 4.44. The van der Waals surface area contributed by atoms with Crippen LogP contribution in [0.15, 0.2) is 42.5 Å². The number of hydrogen-bond donors (Lipinski definition) is 1. The zero-order valence-corrected chi connectivity index (χ0v) is 12.6. The second-order valence-corrected chi connectivity index (χ2v) is 4.88. The number of hydrogen-bond acceptors (Lipinski definition) is 5. The molecule has 2 rings (SSSR count). The molecule has 0 aliphatic carbocycles. The van der Waals surface area contributed by atoms with Crippen LogP contribution in [0.2, 0.25) is 0 Å². The van der Waals surface area contributed by atoms with Gasteiger partial charge in [0.1, 0.15) is 11.6 Å². The summed E-state index contributed by atoms with van der Waals surface area (Å²) in [4.78, 5) is 10.4. The molecule has 2 aromatic carbocycles. The number of ether oxygens (including phenoxy) is 2. The summed E-state index contributed by atoms with van der Waals surface area (Å²) < 4.78 is 10.9. The molecule has 0 heterocycles. The van der Waals surface area contributed by atoms with E-state index in [-0.39, 0.29) is 17.3 Å². The molecule has 0 saturated heterocycles. The molecule has 0 atom stereocenters. The summed E-state index contributed by atoms with van der Waals surface area (Å²) in [6.45, 7) is 0.265. The Morgan fingerprint density at radius 3 is 2.45 bits per heavy atom. The molecule has 0 bridgehead atoms. The van der Waals surface area contributed by atoms with Crippen molar-refractivity contribution in [1.82, 2.24) is 0 Å². The quantitative estimate of drug-likeness (QED) is 0.500. The molecule has 2 N–H and O–H groups in total. The summed E-state index contributed by atoms with van der Waals surface area (Å²) in [6.07, 6.45) is 0. The van der Waals surface area contributed by atoms with Crippen molar-refractivity contribution in [2.45, 2.75) is 6.61 Å². The van der Waals surface area contributed by atoms with Gasteiger partial charge in [0.2, 0.25) is 0 Å². The van der Waals surface area contributed by atoms with E-state index in [0.717, 1.165) is 5.56 Å². The summed E-state index contributed by atoms with van der Waals surface area (Å²) in [7, 11) is 1.53. The van der Waals surface area contributed by atoms with Gasteiger partial charge < -0.3 is 15.2 Å². The predicted octanol–water partition coefficient (Wildman–Crippen LogP) is 2.82. The third kappa shape index (κ3) is 3.70. The number of methoxy groups -OCH3 is 1. The highest BCUT2D eigenvalue weighted by molar-refractivity contribution is 7.80. The zero-order valence-electron chi connectivity index (χ0n) is 11.8. The van der Waals surface area contributed by atoms with Gasteiger partial charge in [-0.05, 0) is 35.9 Å². The third-order valence-corrected chi connectivity index (χ3v) is 3.23. The van der Waals surface area contributed by atoms with Crippen LogP contribution in [0.5, 0.6) is 11.5 Å². The minimum Gasteiger partial charge on any atom is -0.493 e. The molecule has 2 aromatic rings. The highest BCUT2D eigenvalue weighted by Crippen LogP contribution is 2.29. The van der Waals surface area contributed by atoms with Gasteiger partial charge in [-0.25, -0.2) is 0 Å². The summed E-state index contributed by atoms with van der Waals surface area (Å²) in [5.41, 5.74) is 7.12. The van der Waals surface area contributed by atoms with E-state index in [1.165, 1.54) is 19.2 Å². The normalized spacial score (nSPS) is 10.0. The molecule has 0 spiro atoms. The van der Waals surface area contributed by atoms with Crippen LogP contribution in [0.3, 0.4) is 0 Å². The molecule has 0 fully saturated rings. The number of nitro groups is 1. The fourth-order valence-corrected chi connectivity index (χ4v) is 1.94. The average Bonchev–Trinajstić information content (AvgIpc) is 2.52. The van der Waals surface area contributed by atoms with E-state index in [9.17, 15) is 10.1 Å². The Labute approximate surface area is 132 Å². The van der Waals surface area contributed by atoms with E-state index in [4.69, 9.17) is 27.4 Å². The Kier molecular flexibility index (Phi) is 4.90. The van der Waals surface area contributed by atoms with Crippen LogP contribution in [0.1, 0.15) is 11.1 Å². The zero-order chi connectivity index (χ0) is 16.1. The van der Waals surface area contributed by atoms with E-state index in [0.29, 0.717) is 17.1 Å². The second kappa shape index (κ2) is 6.86. The lowest BCUT2D eigenvalue weighted by Gasteiger charge is -2.12. The van der Waals surface area contributed by atoms with Crippen molar-refractivity contribution in [3.63, 3.8) is 0 Å². The van der Waals surface area contributed by atoms with E-state index in [2.05, 4.69) is 0 Å². The lowest BCUT2D eigenvalue weighted by Crippen LogP contribution is -2.09. The summed E-state index contributed by atoms with van der Waals surface area (Å²) in [5, 5.41) is 10.6. The Bertz CT molecular complexity index is 701. The van der Waals surface area contributed by atoms with Crippen LogP contribution in [0.4, 0.5) is 5.69 Å². The lowest BCUT2D eigenvalue weighted by atomic mass is 10.2. The molecule has 7 heteroatoms. The average molecular weight is 318 g/mol. The Hall–Kier alpha value is -2.67. The van der Waals surface area contributed by atoms with Gasteiger partial charge in [0, 0.05) is 17.7 Å². The van der Waals surface area contributed by atoms with Crippen LogP contribution in [0.25, 0.3) is 0 Å². The van der Waals surface area contributed by atoms with Gasteiger partial charge in [0.05, 0.1) is 12.0 Å². The molecule has 0 unspecified atom stereocenters. The maximum Gasteiger partial charge on any atom is 0.269 e. The largest absolute Gasteiger partial charge is 0.493 e. The van der Waals surface area contributed by atoms with Gasteiger partial charge in [-0.2, -0.15) is 0 Å². The molecule has 0 amide bonds. The van der Waals surface area contributed by atoms with Crippen molar-refractivity contribution >= 4 is 22.9 Å². The van der Waals surface area contributed by atoms with Gasteiger partial charge in [-0.1, -0.05) is 12.2 Å². The Balaban J connectivity index is 2.10. The maximum atomic E-state index is 10.6. The molecule has 0 aliphatic heterocycles. The van der Waals surface area contributed by atoms with Gasteiger partial charge in [-0.3, -0.25) is 10.1 Å². The first kappa shape index (κ1) is 15.7. The summed E-state index contributed by atoms with van der Waals surface area (Å²) in [5.74, 6) is 1.06. The lowest BCUT2D eigenvalue weighted by molar-refractivity contribution is -0.384. The van der Waals surface area contributed by atoms with Crippen molar-refractivity contribution in [1.29, 1.82) is 0 Å². The maximum absolute atomic E-state index is 10.6. The monoisotopic (exact) mass is 318 g/mol.